The molecule has 5 N–H and O–H groups in total. The molecule has 2 aromatic rings. The molecule has 2 heterocycles. The first-order chi connectivity index (χ1) is 10.7. The number of imidazole rings is 1. The summed E-state index contributed by atoms with van der Waals surface area (Å²) in [6.07, 6.45) is 1.90. The third-order valence-corrected chi connectivity index (χ3v) is 6.32. The van der Waals surface area contributed by atoms with Gasteiger partial charge in [0.15, 0.2) is 11.3 Å². The normalized spacial score (nSPS) is 14.7. The molecule has 1 unspecified atom stereocenters. The molecule has 0 fully saturated rings. The zero-order valence-corrected chi connectivity index (χ0v) is 13.5. The maximum atomic E-state index is 11.5. The van der Waals surface area contributed by atoms with Gasteiger partial charge in [0.05, 0.1) is 6.61 Å². The van der Waals surface area contributed by atoms with Gasteiger partial charge < -0.3 is 30.0 Å². The van der Waals surface area contributed by atoms with Gasteiger partial charge in [0.25, 0.3) is 0 Å². The first-order valence-corrected chi connectivity index (χ1v) is 10.0. The fraction of sp³-hybridized carbons (Fsp3) is 0.444. The van der Waals surface area contributed by atoms with Crippen molar-refractivity contribution in [1.82, 2.24) is 19.7 Å². The zero-order chi connectivity index (χ0) is 17.1. The third kappa shape index (κ3) is 5.24. The molecule has 128 valence electrons. The van der Waals surface area contributed by atoms with E-state index in [-0.39, 0.29) is 19.0 Å². The van der Waals surface area contributed by atoms with Crippen LogP contribution >= 0.6 is 15.0 Å². The Balaban J connectivity index is 1.80. The number of hydrogen-bond acceptors (Lipinski definition) is 8. The van der Waals surface area contributed by atoms with Gasteiger partial charge in [-0.1, -0.05) is 0 Å². The van der Waals surface area contributed by atoms with E-state index >= 15 is 0 Å². The molecule has 12 nitrogen and oxygen atoms in total. The van der Waals surface area contributed by atoms with Crippen LogP contribution in [0.15, 0.2) is 12.7 Å². The lowest BCUT2D eigenvalue weighted by atomic mass is 10.5. The molecule has 23 heavy (non-hydrogen) atoms. The van der Waals surface area contributed by atoms with Crippen molar-refractivity contribution in [3.63, 3.8) is 0 Å². The number of fused-ring (bicyclic) bond motifs is 1. The molecule has 0 saturated heterocycles. The zero-order valence-electron chi connectivity index (χ0n) is 11.7. The number of nitrogen functional groups attached to an aromatic ring is 1. The van der Waals surface area contributed by atoms with E-state index in [0.717, 1.165) is 0 Å². The van der Waals surface area contributed by atoms with E-state index in [9.17, 15) is 14.0 Å². The molecule has 0 aliphatic rings. The standard InChI is InChI=1S/C9H15N5O7P2/c10-8-7-9(12-3-11-8)14(4-13-7)21-2-1-20-5-22(15,16)6-23(17,18)19/h3-4H,1-2,5-6H2,(H,15,16)(H2,10,11,12)(H2,17,18,19). The summed E-state index contributed by atoms with van der Waals surface area (Å²) in [5.74, 6) is -0.921. The lowest BCUT2D eigenvalue weighted by Gasteiger charge is -2.13. The quantitative estimate of drug-likeness (QED) is 0.339. The van der Waals surface area contributed by atoms with Crippen LogP contribution in [-0.4, -0.2) is 59.8 Å². The Morgan fingerprint density at radius 3 is 2.61 bits per heavy atom. The van der Waals surface area contributed by atoms with E-state index in [4.69, 9.17) is 25.1 Å². The van der Waals surface area contributed by atoms with Gasteiger partial charge in [0.2, 0.25) is 13.0 Å². The highest BCUT2D eigenvalue weighted by atomic mass is 31.2. The van der Waals surface area contributed by atoms with E-state index in [1.165, 1.54) is 17.4 Å². The minimum atomic E-state index is -4.58. The molecule has 0 spiro atoms. The highest BCUT2D eigenvalue weighted by Gasteiger charge is 2.29. The highest BCUT2D eigenvalue weighted by molar-refractivity contribution is 7.72. The number of rotatable bonds is 8. The summed E-state index contributed by atoms with van der Waals surface area (Å²) in [6, 6.07) is 0. The summed E-state index contributed by atoms with van der Waals surface area (Å²) in [5, 5.41) is 0. The van der Waals surface area contributed by atoms with E-state index in [2.05, 4.69) is 15.0 Å². The highest BCUT2D eigenvalue weighted by Crippen LogP contribution is 2.54. The van der Waals surface area contributed by atoms with Crippen molar-refractivity contribution in [2.24, 2.45) is 0 Å². The van der Waals surface area contributed by atoms with E-state index in [1.807, 2.05) is 0 Å². The maximum absolute atomic E-state index is 11.5. The Bertz CT molecular complexity index is 775. The van der Waals surface area contributed by atoms with Crippen molar-refractivity contribution in [3.8, 4) is 0 Å². The monoisotopic (exact) mass is 367 g/mol. The van der Waals surface area contributed by atoms with E-state index in [0.29, 0.717) is 11.2 Å². The number of ether oxygens (including phenoxy) is 1. The van der Waals surface area contributed by atoms with Crippen molar-refractivity contribution in [2.75, 3.05) is 31.2 Å². The second-order valence-corrected chi connectivity index (χ2v) is 8.94. The summed E-state index contributed by atoms with van der Waals surface area (Å²) in [4.78, 5) is 43.7. The largest absolute Gasteiger partial charge is 0.408 e. The molecular weight excluding hydrogens is 352 g/mol. The van der Waals surface area contributed by atoms with E-state index in [1.54, 1.807) is 0 Å². The number of anilines is 1. The molecule has 2 rings (SSSR count). The number of nitrogens with two attached hydrogens (primary N) is 1. The second kappa shape index (κ2) is 6.91. The Morgan fingerprint density at radius 2 is 1.91 bits per heavy atom. The summed E-state index contributed by atoms with van der Waals surface area (Å²) in [7, 11) is -8.63. The van der Waals surface area contributed by atoms with Crippen LogP contribution in [0.4, 0.5) is 5.82 Å². The average Bonchev–Trinajstić information content (AvgIpc) is 2.80. The molecule has 0 radical (unpaired) electrons. The first kappa shape index (κ1) is 17.8. The maximum Gasteiger partial charge on any atom is 0.335 e. The Morgan fingerprint density at radius 1 is 1.17 bits per heavy atom. The molecule has 0 bridgehead atoms. The minimum absolute atomic E-state index is 0.00865. The molecule has 0 aliphatic carbocycles. The lowest BCUT2D eigenvalue weighted by molar-refractivity contribution is 0.0545. The van der Waals surface area contributed by atoms with Crippen LogP contribution in [0.5, 0.6) is 0 Å². The van der Waals surface area contributed by atoms with Crippen LogP contribution in [0.25, 0.3) is 11.2 Å². The van der Waals surface area contributed by atoms with Gasteiger partial charge in [0.1, 0.15) is 31.5 Å². The smallest absolute Gasteiger partial charge is 0.335 e. The van der Waals surface area contributed by atoms with Crippen LogP contribution in [0.2, 0.25) is 0 Å². The summed E-state index contributed by atoms with van der Waals surface area (Å²) < 4.78 is 28.3. The molecule has 2 aromatic heterocycles. The lowest BCUT2D eigenvalue weighted by Crippen LogP contribution is -2.17. The minimum Gasteiger partial charge on any atom is -0.408 e. The Hall–Kier alpha value is -1.55. The Labute approximate surface area is 129 Å². The first-order valence-electron chi connectivity index (χ1n) is 6.18. The van der Waals surface area contributed by atoms with Crippen molar-refractivity contribution < 1.29 is 33.4 Å². The summed E-state index contributed by atoms with van der Waals surface area (Å²) in [5.41, 5.74) is 6.34. The third-order valence-electron chi connectivity index (χ3n) is 2.49. The van der Waals surface area contributed by atoms with Gasteiger partial charge in [-0.15, -0.1) is 0 Å². The van der Waals surface area contributed by atoms with Crippen molar-refractivity contribution in [1.29, 1.82) is 0 Å². The topological polar surface area (TPSA) is 183 Å². The summed E-state index contributed by atoms with van der Waals surface area (Å²) in [6.45, 7) is -0.0861. The Kier molecular flexibility index (Phi) is 5.35. The van der Waals surface area contributed by atoms with Gasteiger partial charge in [0, 0.05) is 0 Å². The molecule has 14 heteroatoms. The number of nitrogens with zero attached hydrogens (tertiary/aromatic N) is 4. The predicted molar refractivity (Wildman–Crippen MR) is 78.7 cm³/mol. The molecule has 0 aliphatic heterocycles. The second-order valence-electron chi connectivity index (χ2n) is 4.52. The fourth-order valence-corrected chi connectivity index (χ4v) is 4.70. The van der Waals surface area contributed by atoms with Crippen molar-refractivity contribution in [3.05, 3.63) is 12.7 Å². The molecule has 1 atom stereocenters. The molecule has 0 aromatic carbocycles. The summed E-state index contributed by atoms with van der Waals surface area (Å²) >= 11 is 0. The van der Waals surface area contributed by atoms with Gasteiger partial charge in [-0.25, -0.2) is 15.0 Å². The van der Waals surface area contributed by atoms with Crippen LogP contribution < -0.4 is 10.6 Å². The van der Waals surface area contributed by atoms with Crippen LogP contribution in [0.1, 0.15) is 0 Å². The van der Waals surface area contributed by atoms with Crippen LogP contribution in [0, 0.1) is 0 Å². The number of hydrogen-bond donors (Lipinski definition) is 4. The van der Waals surface area contributed by atoms with Crippen LogP contribution in [0.3, 0.4) is 0 Å². The van der Waals surface area contributed by atoms with Crippen molar-refractivity contribution in [2.45, 2.75) is 0 Å². The average molecular weight is 367 g/mol. The fourth-order valence-electron chi connectivity index (χ4n) is 1.66. The SMILES string of the molecule is Nc1ncnc2c1ncn2OCCOCP(=O)(O)CP(=O)(O)O. The van der Waals surface area contributed by atoms with Crippen LogP contribution in [-0.2, 0) is 13.9 Å². The van der Waals surface area contributed by atoms with Crippen molar-refractivity contribution >= 4 is 31.9 Å². The van der Waals surface area contributed by atoms with E-state index < -0.39 is 27.2 Å². The molecular formula is C9H15N5O7P2. The number of aromatic nitrogens is 4. The van der Waals surface area contributed by atoms with Gasteiger partial charge in [-0.05, 0) is 0 Å². The molecule has 0 amide bonds. The van der Waals surface area contributed by atoms with Gasteiger partial charge in [-0.3, -0.25) is 9.13 Å². The predicted octanol–water partition coefficient (Wildman–Crippen LogP) is -0.783. The van der Waals surface area contributed by atoms with Gasteiger partial charge in [-0.2, -0.15) is 4.73 Å². The van der Waals surface area contributed by atoms with Gasteiger partial charge >= 0.3 is 7.60 Å². The molecule has 0 saturated carbocycles.